The Kier molecular flexibility index (Phi) is 3.60. The predicted molar refractivity (Wildman–Crippen MR) is 85.8 cm³/mol. The number of aromatic nitrogens is 2. The minimum atomic E-state index is 0.773. The number of nitrogens with zero attached hydrogens (tertiary/aromatic N) is 2. The second-order valence-electron chi connectivity index (χ2n) is 5.13. The van der Waals surface area contributed by atoms with Gasteiger partial charge in [-0.2, -0.15) is 0 Å². The molecular formula is C17H18N4. The van der Waals surface area contributed by atoms with Gasteiger partial charge in [0.1, 0.15) is 5.82 Å². The highest BCUT2D eigenvalue weighted by Gasteiger charge is 2.05. The van der Waals surface area contributed by atoms with Crippen molar-refractivity contribution in [2.75, 3.05) is 11.5 Å². The zero-order valence-electron chi connectivity index (χ0n) is 11.7. The fourth-order valence-corrected chi connectivity index (χ4v) is 2.36. The number of imidazole rings is 1. The summed E-state index contributed by atoms with van der Waals surface area (Å²) in [6.07, 6.45) is 4.62. The molecule has 0 radical (unpaired) electrons. The van der Waals surface area contributed by atoms with Crippen molar-refractivity contribution in [1.82, 2.24) is 9.55 Å². The van der Waals surface area contributed by atoms with Gasteiger partial charge in [0.25, 0.3) is 0 Å². The Morgan fingerprint density at radius 3 is 2.48 bits per heavy atom. The molecule has 1 heterocycles. The molecule has 0 unspecified atom stereocenters. The molecule has 4 nitrogen and oxygen atoms in total. The second-order valence-corrected chi connectivity index (χ2v) is 5.13. The summed E-state index contributed by atoms with van der Waals surface area (Å²) in [5.41, 5.74) is 15.5. The summed E-state index contributed by atoms with van der Waals surface area (Å²) < 4.78 is 2.14. The van der Waals surface area contributed by atoms with Crippen LogP contribution in [0.25, 0.3) is 0 Å². The number of hydrogen-bond acceptors (Lipinski definition) is 3. The van der Waals surface area contributed by atoms with Gasteiger partial charge in [-0.25, -0.2) is 4.98 Å². The standard InChI is InChI=1S/C17H18N4/c18-15-6-4-13(5-7-15)11-17-20-8-9-21(17)12-14-2-1-3-16(19)10-14/h1-10H,11-12,18-19H2. The van der Waals surface area contributed by atoms with Crippen molar-refractivity contribution in [2.45, 2.75) is 13.0 Å². The van der Waals surface area contributed by atoms with E-state index < -0.39 is 0 Å². The van der Waals surface area contributed by atoms with E-state index >= 15 is 0 Å². The zero-order chi connectivity index (χ0) is 14.7. The Balaban J connectivity index is 1.79. The second kappa shape index (κ2) is 5.71. The fraction of sp³-hybridized carbons (Fsp3) is 0.118. The normalized spacial score (nSPS) is 10.7. The van der Waals surface area contributed by atoms with Crippen molar-refractivity contribution in [3.8, 4) is 0 Å². The van der Waals surface area contributed by atoms with Crippen molar-refractivity contribution in [3.63, 3.8) is 0 Å². The number of nitrogen functional groups attached to an aromatic ring is 2. The van der Waals surface area contributed by atoms with Crippen molar-refractivity contribution in [2.24, 2.45) is 0 Å². The SMILES string of the molecule is Nc1ccc(Cc2nccn2Cc2cccc(N)c2)cc1. The van der Waals surface area contributed by atoms with E-state index in [0.717, 1.165) is 30.2 Å². The van der Waals surface area contributed by atoms with Crippen LogP contribution in [0.4, 0.5) is 11.4 Å². The van der Waals surface area contributed by atoms with E-state index in [-0.39, 0.29) is 0 Å². The number of nitrogens with two attached hydrogens (primary N) is 2. The van der Waals surface area contributed by atoms with Crippen LogP contribution in [-0.2, 0) is 13.0 Å². The van der Waals surface area contributed by atoms with E-state index in [1.165, 1.54) is 11.1 Å². The van der Waals surface area contributed by atoms with Crippen molar-refractivity contribution >= 4 is 11.4 Å². The van der Waals surface area contributed by atoms with Gasteiger partial charge < -0.3 is 16.0 Å². The van der Waals surface area contributed by atoms with Crippen molar-refractivity contribution < 1.29 is 0 Å². The van der Waals surface area contributed by atoms with Crippen LogP contribution in [-0.4, -0.2) is 9.55 Å². The van der Waals surface area contributed by atoms with Gasteiger partial charge >= 0.3 is 0 Å². The first-order chi connectivity index (χ1) is 10.2. The van der Waals surface area contributed by atoms with E-state index in [1.54, 1.807) is 0 Å². The molecule has 0 atom stereocenters. The molecule has 3 aromatic rings. The summed E-state index contributed by atoms with van der Waals surface area (Å²) >= 11 is 0. The summed E-state index contributed by atoms with van der Waals surface area (Å²) in [5, 5.41) is 0. The molecule has 2 aromatic carbocycles. The number of rotatable bonds is 4. The van der Waals surface area contributed by atoms with Gasteiger partial charge in [-0.15, -0.1) is 0 Å². The first-order valence-corrected chi connectivity index (χ1v) is 6.89. The quantitative estimate of drug-likeness (QED) is 0.721. The summed E-state index contributed by atoms with van der Waals surface area (Å²) in [5.74, 6) is 1.03. The molecule has 4 N–H and O–H groups in total. The predicted octanol–water partition coefficient (Wildman–Crippen LogP) is 2.69. The Labute approximate surface area is 124 Å². The first-order valence-electron chi connectivity index (χ1n) is 6.89. The lowest BCUT2D eigenvalue weighted by atomic mass is 10.1. The van der Waals surface area contributed by atoms with Crippen LogP contribution < -0.4 is 11.5 Å². The lowest BCUT2D eigenvalue weighted by Gasteiger charge is -2.09. The molecule has 0 saturated heterocycles. The Hall–Kier alpha value is -2.75. The van der Waals surface area contributed by atoms with Crippen LogP contribution in [0.5, 0.6) is 0 Å². The smallest absolute Gasteiger partial charge is 0.113 e. The highest BCUT2D eigenvalue weighted by atomic mass is 15.1. The van der Waals surface area contributed by atoms with Crippen molar-refractivity contribution in [3.05, 3.63) is 77.9 Å². The molecule has 3 rings (SSSR count). The third-order valence-corrected chi connectivity index (χ3v) is 3.45. The van der Waals surface area contributed by atoms with Crippen molar-refractivity contribution in [1.29, 1.82) is 0 Å². The maximum absolute atomic E-state index is 5.83. The number of benzene rings is 2. The monoisotopic (exact) mass is 278 g/mol. The summed E-state index contributed by atoms with van der Waals surface area (Å²) in [6.45, 7) is 0.773. The topological polar surface area (TPSA) is 69.9 Å². The molecule has 4 heteroatoms. The molecular weight excluding hydrogens is 260 g/mol. The number of anilines is 2. The third kappa shape index (κ3) is 3.23. The molecule has 0 bridgehead atoms. The van der Waals surface area contributed by atoms with Gasteiger partial charge in [-0.3, -0.25) is 0 Å². The van der Waals surface area contributed by atoms with Crippen LogP contribution in [0.15, 0.2) is 60.9 Å². The molecule has 0 aliphatic rings. The third-order valence-electron chi connectivity index (χ3n) is 3.45. The van der Waals surface area contributed by atoms with Gasteiger partial charge in [-0.05, 0) is 35.4 Å². The highest BCUT2D eigenvalue weighted by Crippen LogP contribution is 2.13. The van der Waals surface area contributed by atoms with E-state index in [1.807, 2.05) is 54.9 Å². The largest absolute Gasteiger partial charge is 0.399 e. The van der Waals surface area contributed by atoms with Crippen LogP contribution in [0.2, 0.25) is 0 Å². The fourth-order valence-electron chi connectivity index (χ4n) is 2.36. The lowest BCUT2D eigenvalue weighted by Crippen LogP contribution is -2.05. The summed E-state index contributed by atoms with van der Waals surface area (Å²) in [6, 6.07) is 15.8. The van der Waals surface area contributed by atoms with Gasteiger partial charge in [0.2, 0.25) is 0 Å². The summed E-state index contributed by atoms with van der Waals surface area (Å²) in [4.78, 5) is 4.45. The lowest BCUT2D eigenvalue weighted by molar-refractivity contribution is 0.741. The minimum Gasteiger partial charge on any atom is -0.399 e. The molecule has 0 fully saturated rings. The van der Waals surface area contributed by atoms with Crippen LogP contribution in [0.3, 0.4) is 0 Å². The number of hydrogen-bond donors (Lipinski definition) is 2. The molecule has 0 saturated carbocycles. The maximum atomic E-state index is 5.83. The van der Waals surface area contributed by atoms with Crippen LogP contribution >= 0.6 is 0 Å². The van der Waals surface area contributed by atoms with E-state index in [2.05, 4.69) is 15.6 Å². The summed E-state index contributed by atoms with van der Waals surface area (Å²) in [7, 11) is 0. The van der Waals surface area contributed by atoms with Crippen LogP contribution in [0.1, 0.15) is 17.0 Å². The van der Waals surface area contributed by atoms with Gasteiger partial charge in [-0.1, -0.05) is 24.3 Å². The average Bonchev–Trinajstić information content (AvgIpc) is 2.89. The molecule has 21 heavy (non-hydrogen) atoms. The molecule has 0 spiro atoms. The maximum Gasteiger partial charge on any atom is 0.113 e. The van der Waals surface area contributed by atoms with Gasteiger partial charge in [0, 0.05) is 36.7 Å². The van der Waals surface area contributed by atoms with E-state index in [0.29, 0.717) is 0 Å². The van der Waals surface area contributed by atoms with E-state index in [4.69, 9.17) is 11.5 Å². The van der Waals surface area contributed by atoms with Gasteiger partial charge in [0.15, 0.2) is 0 Å². The molecule has 1 aromatic heterocycles. The Morgan fingerprint density at radius 2 is 1.71 bits per heavy atom. The van der Waals surface area contributed by atoms with E-state index in [9.17, 15) is 0 Å². The van der Waals surface area contributed by atoms with Gasteiger partial charge in [0.05, 0.1) is 0 Å². The Bertz CT molecular complexity index is 729. The molecule has 0 aliphatic carbocycles. The average molecular weight is 278 g/mol. The van der Waals surface area contributed by atoms with Crippen LogP contribution in [0, 0.1) is 0 Å². The zero-order valence-corrected chi connectivity index (χ0v) is 11.7. The highest BCUT2D eigenvalue weighted by molar-refractivity contribution is 5.41. The Morgan fingerprint density at radius 1 is 0.905 bits per heavy atom. The first kappa shape index (κ1) is 13.2. The molecule has 0 aliphatic heterocycles. The molecule has 0 amide bonds. The minimum absolute atomic E-state index is 0.773. The molecule has 106 valence electrons.